The Labute approximate surface area is 96.8 Å². The summed E-state index contributed by atoms with van der Waals surface area (Å²) in [4.78, 5) is 23.9. The lowest BCUT2D eigenvalue weighted by molar-refractivity contribution is -0.139. The van der Waals surface area contributed by atoms with Gasteiger partial charge in [-0.15, -0.1) is 0 Å². The van der Waals surface area contributed by atoms with Crippen LogP contribution >= 0.6 is 0 Å². The number of aliphatic carboxylic acids is 1. The molecule has 0 aromatic carbocycles. The van der Waals surface area contributed by atoms with E-state index < -0.39 is 12.0 Å². The number of rotatable bonds is 8. The number of unbranched alkanes of at least 4 members (excludes halogenated alkanes) is 1. The molecule has 1 amide bonds. The van der Waals surface area contributed by atoms with Crippen LogP contribution in [0.3, 0.4) is 0 Å². The second-order valence-electron chi connectivity index (χ2n) is 3.78. The highest BCUT2D eigenvalue weighted by Crippen LogP contribution is 1.99. The molecule has 0 aliphatic heterocycles. The van der Waals surface area contributed by atoms with Crippen LogP contribution in [0, 0.1) is 0 Å². The van der Waals surface area contributed by atoms with E-state index in [1.54, 1.807) is 11.8 Å². The van der Waals surface area contributed by atoms with Crippen LogP contribution in [0.25, 0.3) is 0 Å². The van der Waals surface area contributed by atoms with Gasteiger partial charge in [0.1, 0.15) is 0 Å². The molecule has 0 fully saturated rings. The van der Waals surface area contributed by atoms with E-state index in [9.17, 15) is 9.59 Å². The molecule has 0 aromatic heterocycles. The minimum absolute atomic E-state index is 0.0983. The number of hydrogen-bond donors (Lipinski definition) is 2. The summed E-state index contributed by atoms with van der Waals surface area (Å²) >= 11 is 0. The first kappa shape index (κ1) is 14.9. The Morgan fingerprint density at radius 1 is 1.38 bits per heavy atom. The second-order valence-corrected chi connectivity index (χ2v) is 3.78. The standard InChI is InChI=1S/C11H22N2O3/c1-4-6-7-12-11(16)9(3)13(5-2)8-10(14)15/h9H,4-8H2,1-3H3,(H,12,16)(H,14,15). The van der Waals surface area contributed by atoms with E-state index in [1.165, 1.54) is 0 Å². The van der Waals surface area contributed by atoms with Gasteiger partial charge in [0.05, 0.1) is 12.6 Å². The maximum atomic E-state index is 11.7. The summed E-state index contributed by atoms with van der Waals surface area (Å²) < 4.78 is 0. The van der Waals surface area contributed by atoms with Crippen LogP contribution in [-0.4, -0.2) is 47.6 Å². The summed E-state index contributed by atoms with van der Waals surface area (Å²) in [5.41, 5.74) is 0. The normalized spacial score (nSPS) is 12.5. The minimum Gasteiger partial charge on any atom is -0.480 e. The van der Waals surface area contributed by atoms with Gasteiger partial charge in [-0.05, 0) is 19.9 Å². The zero-order valence-electron chi connectivity index (χ0n) is 10.3. The Morgan fingerprint density at radius 3 is 2.44 bits per heavy atom. The fraction of sp³-hybridized carbons (Fsp3) is 0.818. The van der Waals surface area contributed by atoms with Gasteiger partial charge in [0.15, 0.2) is 0 Å². The summed E-state index contributed by atoms with van der Waals surface area (Å²) in [5, 5.41) is 11.5. The van der Waals surface area contributed by atoms with E-state index in [0.717, 1.165) is 12.8 Å². The summed E-state index contributed by atoms with van der Waals surface area (Å²) in [5.74, 6) is -1.01. The zero-order valence-corrected chi connectivity index (χ0v) is 10.3. The van der Waals surface area contributed by atoms with Crippen LogP contribution in [0.4, 0.5) is 0 Å². The topological polar surface area (TPSA) is 69.6 Å². The van der Waals surface area contributed by atoms with Gasteiger partial charge >= 0.3 is 5.97 Å². The van der Waals surface area contributed by atoms with Crippen molar-refractivity contribution >= 4 is 11.9 Å². The SMILES string of the molecule is CCCCNC(=O)C(C)N(CC)CC(=O)O. The van der Waals surface area contributed by atoms with Crippen molar-refractivity contribution in [3.8, 4) is 0 Å². The monoisotopic (exact) mass is 230 g/mol. The lowest BCUT2D eigenvalue weighted by Crippen LogP contribution is -2.47. The molecule has 0 aliphatic rings. The van der Waals surface area contributed by atoms with E-state index in [2.05, 4.69) is 12.2 Å². The van der Waals surface area contributed by atoms with Gasteiger partial charge in [0.2, 0.25) is 5.91 Å². The van der Waals surface area contributed by atoms with Gasteiger partial charge in [0, 0.05) is 6.54 Å². The third kappa shape index (κ3) is 5.70. The molecule has 0 spiro atoms. The third-order valence-corrected chi connectivity index (χ3v) is 2.50. The van der Waals surface area contributed by atoms with Crippen LogP contribution in [-0.2, 0) is 9.59 Å². The number of amides is 1. The number of nitrogens with zero attached hydrogens (tertiary/aromatic N) is 1. The second kappa shape index (κ2) is 8.10. The molecule has 5 heteroatoms. The van der Waals surface area contributed by atoms with Crippen molar-refractivity contribution in [1.82, 2.24) is 10.2 Å². The molecule has 0 aromatic rings. The maximum Gasteiger partial charge on any atom is 0.317 e. The van der Waals surface area contributed by atoms with Gasteiger partial charge in [-0.25, -0.2) is 0 Å². The quantitative estimate of drug-likeness (QED) is 0.602. The van der Waals surface area contributed by atoms with Crippen LogP contribution < -0.4 is 5.32 Å². The lowest BCUT2D eigenvalue weighted by atomic mass is 10.2. The molecule has 1 atom stereocenters. The Morgan fingerprint density at radius 2 is 2.00 bits per heavy atom. The van der Waals surface area contributed by atoms with Gasteiger partial charge in [-0.3, -0.25) is 14.5 Å². The average Bonchev–Trinajstić information content (AvgIpc) is 2.24. The number of likely N-dealkylation sites (N-methyl/N-ethyl adjacent to an activating group) is 1. The van der Waals surface area contributed by atoms with Gasteiger partial charge in [0.25, 0.3) is 0 Å². The molecule has 2 N–H and O–H groups in total. The highest BCUT2D eigenvalue weighted by molar-refractivity contribution is 5.82. The predicted octanol–water partition coefficient (Wildman–Crippen LogP) is 0.698. The molecular formula is C11H22N2O3. The van der Waals surface area contributed by atoms with Crippen molar-refractivity contribution in [1.29, 1.82) is 0 Å². The molecule has 0 heterocycles. The van der Waals surface area contributed by atoms with Crippen molar-refractivity contribution in [2.24, 2.45) is 0 Å². The third-order valence-electron chi connectivity index (χ3n) is 2.50. The first-order valence-electron chi connectivity index (χ1n) is 5.76. The Hall–Kier alpha value is -1.10. The fourth-order valence-corrected chi connectivity index (χ4v) is 1.40. The van der Waals surface area contributed by atoms with Crippen LogP contribution in [0.2, 0.25) is 0 Å². The number of nitrogens with one attached hydrogen (secondary N) is 1. The number of carbonyl (C=O) groups is 2. The minimum atomic E-state index is -0.907. The molecule has 0 aliphatic carbocycles. The summed E-state index contributed by atoms with van der Waals surface area (Å²) in [6.07, 6.45) is 1.98. The van der Waals surface area contributed by atoms with E-state index in [-0.39, 0.29) is 12.5 Å². The highest BCUT2D eigenvalue weighted by atomic mass is 16.4. The number of carboxylic acid groups (broad SMARTS) is 1. The molecule has 1 unspecified atom stereocenters. The molecule has 94 valence electrons. The Kier molecular flexibility index (Phi) is 7.54. The van der Waals surface area contributed by atoms with Gasteiger partial charge in [-0.2, -0.15) is 0 Å². The number of carbonyl (C=O) groups excluding carboxylic acids is 1. The van der Waals surface area contributed by atoms with E-state index in [1.807, 2.05) is 6.92 Å². The Balaban J connectivity index is 4.10. The van der Waals surface area contributed by atoms with Crippen LogP contribution in [0.1, 0.15) is 33.6 Å². The first-order chi connectivity index (χ1) is 7.52. The molecule has 0 bridgehead atoms. The van der Waals surface area contributed by atoms with Crippen molar-refractivity contribution < 1.29 is 14.7 Å². The van der Waals surface area contributed by atoms with Crippen molar-refractivity contribution in [3.05, 3.63) is 0 Å². The van der Waals surface area contributed by atoms with Crippen molar-refractivity contribution in [2.75, 3.05) is 19.6 Å². The summed E-state index contributed by atoms with van der Waals surface area (Å²) in [6.45, 7) is 6.74. The molecule has 16 heavy (non-hydrogen) atoms. The Bertz CT molecular complexity index is 231. The molecular weight excluding hydrogens is 208 g/mol. The summed E-state index contributed by atoms with van der Waals surface area (Å²) in [7, 11) is 0. The van der Waals surface area contributed by atoms with Crippen molar-refractivity contribution in [2.45, 2.75) is 39.7 Å². The van der Waals surface area contributed by atoms with E-state index in [4.69, 9.17) is 5.11 Å². The largest absolute Gasteiger partial charge is 0.480 e. The van der Waals surface area contributed by atoms with Crippen molar-refractivity contribution in [3.63, 3.8) is 0 Å². The maximum absolute atomic E-state index is 11.7. The highest BCUT2D eigenvalue weighted by Gasteiger charge is 2.21. The molecule has 5 nitrogen and oxygen atoms in total. The first-order valence-corrected chi connectivity index (χ1v) is 5.76. The average molecular weight is 230 g/mol. The van der Waals surface area contributed by atoms with Crippen LogP contribution in [0.15, 0.2) is 0 Å². The molecule has 0 radical (unpaired) electrons. The van der Waals surface area contributed by atoms with Gasteiger partial charge < -0.3 is 10.4 Å². The fourth-order valence-electron chi connectivity index (χ4n) is 1.40. The lowest BCUT2D eigenvalue weighted by Gasteiger charge is -2.24. The smallest absolute Gasteiger partial charge is 0.317 e. The van der Waals surface area contributed by atoms with Gasteiger partial charge in [-0.1, -0.05) is 20.3 Å². The zero-order chi connectivity index (χ0) is 12.6. The molecule has 0 saturated carbocycles. The molecule has 0 rings (SSSR count). The molecule has 0 saturated heterocycles. The predicted molar refractivity (Wildman–Crippen MR) is 62.3 cm³/mol. The number of carboxylic acids is 1. The van der Waals surface area contributed by atoms with Crippen LogP contribution in [0.5, 0.6) is 0 Å². The number of hydrogen-bond acceptors (Lipinski definition) is 3. The van der Waals surface area contributed by atoms with E-state index in [0.29, 0.717) is 13.1 Å². The summed E-state index contributed by atoms with van der Waals surface area (Å²) in [6, 6.07) is -0.391. The van der Waals surface area contributed by atoms with E-state index >= 15 is 0 Å².